The van der Waals surface area contributed by atoms with Crippen molar-refractivity contribution < 1.29 is 4.79 Å². The van der Waals surface area contributed by atoms with Gasteiger partial charge in [0.2, 0.25) is 5.91 Å². The van der Waals surface area contributed by atoms with Gasteiger partial charge in [-0.3, -0.25) is 9.36 Å². The minimum absolute atomic E-state index is 0.142. The molecule has 1 fully saturated rings. The van der Waals surface area contributed by atoms with Gasteiger partial charge in [-0.2, -0.15) is 0 Å². The molecule has 1 saturated heterocycles. The van der Waals surface area contributed by atoms with E-state index >= 15 is 0 Å². The molecule has 3 heterocycles. The number of piperidine rings is 1. The summed E-state index contributed by atoms with van der Waals surface area (Å²) in [6.45, 7) is 5.24. The van der Waals surface area contributed by atoms with Crippen LogP contribution in [0.2, 0.25) is 10.0 Å². The van der Waals surface area contributed by atoms with Crippen molar-refractivity contribution in [2.45, 2.75) is 38.3 Å². The number of halogens is 2. The topological polar surface area (TPSA) is 102 Å². The lowest BCUT2D eigenvalue weighted by Crippen LogP contribution is -2.62. The van der Waals surface area contributed by atoms with Gasteiger partial charge in [0.1, 0.15) is 17.7 Å². The summed E-state index contributed by atoms with van der Waals surface area (Å²) in [5, 5.41) is 4.61. The van der Waals surface area contributed by atoms with Crippen LogP contribution in [0, 0.1) is 0 Å². The Labute approximate surface area is 219 Å². The molecule has 10 heteroatoms. The molecule has 186 valence electrons. The number of nitrogens with two attached hydrogens (primary N) is 1. The van der Waals surface area contributed by atoms with Gasteiger partial charge in [-0.25, -0.2) is 15.0 Å². The average molecular weight is 524 g/mol. The number of amides is 1. The molecule has 1 aliphatic heterocycles. The van der Waals surface area contributed by atoms with Crippen molar-refractivity contribution in [2.75, 3.05) is 18.0 Å². The Morgan fingerprint density at radius 3 is 2.39 bits per heavy atom. The monoisotopic (exact) mass is 523 g/mol. The first-order chi connectivity index (χ1) is 17.3. The third-order valence-electron chi connectivity index (χ3n) is 6.58. The van der Waals surface area contributed by atoms with E-state index in [0.29, 0.717) is 58.8 Å². The second-order valence-electron chi connectivity index (χ2n) is 9.33. The van der Waals surface area contributed by atoms with E-state index in [1.807, 2.05) is 66.9 Å². The highest BCUT2D eigenvalue weighted by molar-refractivity contribution is 6.33. The van der Waals surface area contributed by atoms with Gasteiger partial charge in [0.25, 0.3) is 0 Å². The fraction of sp³-hybridized carbons (Fsp3) is 0.308. The van der Waals surface area contributed by atoms with Crippen molar-refractivity contribution in [1.29, 1.82) is 0 Å². The number of carbonyl (C=O) groups is 1. The van der Waals surface area contributed by atoms with E-state index in [9.17, 15) is 4.79 Å². The lowest BCUT2D eigenvalue weighted by Gasteiger charge is -2.41. The predicted molar refractivity (Wildman–Crippen MR) is 144 cm³/mol. The van der Waals surface area contributed by atoms with Gasteiger partial charge < -0.3 is 16.0 Å². The fourth-order valence-corrected chi connectivity index (χ4v) is 5.23. The zero-order valence-corrected chi connectivity index (χ0v) is 21.6. The Morgan fingerprint density at radius 1 is 1.06 bits per heavy atom. The van der Waals surface area contributed by atoms with Gasteiger partial charge in [0.05, 0.1) is 5.02 Å². The molecular formula is C26H27Cl2N7O. The van der Waals surface area contributed by atoms with Crippen molar-refractivity contribution in [3.8, 4) is 17.1 Å². The van der Waals surface area contributed by atoms with Gasteiger partial charge in [0.15, 0.2) is 17.0 Å². The van der Waals surface area contributed by atoms with E-state index in [4.69, 9.17) is 33.9 Å². The minimum Gasteiger partial charge on any atom is -0.368 e. The molecular weight excluding hydrogens is 497 g/mol. The van der Waals surface area contributed by atoms with Crippen molar-refractivity contribution in [2.24, 2.45) is 5.73 Å². The van der Waals surface area contributed by atoms with E-state index in [1.54, 1.807) is 6.33 Å². The number of anilines is 1. The van der Waals surface area contributed by atoms with Gasteiger partial charge in [-0.05, 0) is 63.1 Å². The van der Waals surface area contributed by atoms with Crippen molar-refractivity contribution >= 4 is 46.1 Å². The van der Waals surface area contributed by atoms with Crippen LogP contribution in [0.1, 0.15) is 26.7 Å². The summed E-state index contributed by atoms with van der Waals surface area (Å²) < 4.78 is 1.97. The second kappa shape index (κ2) is 9.69. The predicted octanol–water partition coefficient (Wildman–Crippen LogP) is 4.61. The van der Waals surface area contributed by atoms with Crippen molar-refractivity contribution in [1.82, 2.24) is 24.8 Å². The molecule has 0 aliphatic carbocycles. The quantitative estimate of drug-likeness (QED) is 0.382. The van der Waals surface area contributed by atoms with Crippen LogP contribution in [-0.4, -0.2) is 50.1 Å². The molecule has 2 aromatic carbocycles. The molecule has 2 aromatic heterocycles. The van der Waals surface area contributed by atoms with Crippen LogP contribution in [0.25, 0.3) is 28.2 Å². The number of fused-ring (bicyclic) bond motifs is 1. The maximum atomic E-state index is 12.4. The normalized spacial score (nSPS) is 15.5. The molecule has 0 unspecified atom stereocenters. The smallest absolute Gasteiger partial charge is 0.237 e. The summed E-state index contributed by atoms with van der Waals surface area (Å²) in [7, 11) is 0. The summed E-state index contributed by atoms with van der Waals surface area (Å²) in [4.78, 5) is 28.7. The van der Waals surface area contributed by atoms with Crippen molar-refractivity contribution in [3.05, 3.63) is 64.9 Å². The highest BCUT2D eigenvalue weighted by atomic mass is 35.5. The Hall–Kier alpha value is -3.20. The van der Waals surface area contributed by atoms with E-state index < -0.39 is 5.54 Å². The zero-order chi connectivity index (χ0) is 25.4. The summed E-state index contributed by atoms with van der Waals surface area (Å²) in [6.07, 6.45) is 2.69. The molecule has 0 bridgehead atoms. The number of hydrogen-bond donors (Lipinski definition) is 2. The maximum absolute atomic E-state index is 12.4. The number of carbonyl (C=O) groups excluding carboxylic acids is 1. The van der Waals surface area contributed by atoms with Crippen molar-refractivity contribution in [3.63, 3.8) is 0 Å². The highest BCUT2D eigenvalue weighted by Crippen LogP contribution is 2.36. The number of rotatable bonds is 6. The fourth-order valence-electron chi connectivity index (χ4n) is 4.88. The van der Waals surface area contributed by atoms with Gasteiger partial charge in [-0.15, -0.1) is 0 Å². The first-order valence-electron chi connectivity index (χ1n) is 11.9. The third kappa shape index (κ3) is 4.40. The zero-order valence-electron chi connectivity index (χ0n) is 20.1. The number of primary amides is 1. The summed E-state index contributed by atoms with van der Waals surface area (Å²) in [6, 6.07) is 15.2. The molecule has 4 aromatic rings. The number of nitrogens with zero attached hydrogens (tertiary/aromatic N) is 5. The Bertz CT molecular complexity index is 1410. The number of benzene rings is 2. The third-order valence-corrected chi connectivity index (χ3v) is 7.16. The number of nitrogens with one attached hydrogen (secondary N) is 1. The first kappa shape index (κ1) is 24.5. The maximum Gasteiger partial charge on any atom is 0.237 e. The summed E-state index contributed by atoms with van der Waals surface area (Å²) >= 11 is 12.8. The highest BCUT2D eigenvalue weighted by Gasteiger charge is 2.41. The Kier molecular flexibility index (Phi) is 6.59. The largest absolute Gasteiger partial charge is 0.368 e. The molecule has 0 saturated carbocycles. The van der Waals surface area contributed by atoms with E-state index in [0.717, 1.165) is 11.3 Å². The van der Waals surface area contributed by atoms with Gasteiger partial charge >= 0.3 is 0 Å². The SMILES string of the molecule is CC(C)NC1(C(N)=O)CCN(c2ncnc3c2nc(-c2ccccc2Cl)n3-c2ccc(Cl)cc2)CC1. The molecule has 0 spiro atoms. The van der Waals surface area contributed by atoms with Gasteiger partial charge in [0, 0.05) is 35.4 Å². The number of aromatic nitrogens is 4. The lowest BCUT2D eigenvalue weighted by atomic mass is 9.86. The van der Waals surface area contributed by atoms with Crippen LogP contribution in [0.3, 0.4) is 0 Å². The van der Waals surface area contributed by atoms with Gasteiger partial charge in [-0.1, -0.05) is 35.3 Å². The molecule has 1 aliphatic rings. The van der Waals surface area contributed by atoms with E-state index in [2.05, 4.69) is 20.2 Å². The molecule has 36 heavy (non-hydrogen) atoms. The summed E-state index contributed by atoms with van der Waals surface area (Å²) in [5.74, 6) is 1.05. The van der Waals surface area contributed by atoms with Crippen LogP contribution in [0.4, 0.5) is 5.82 Å². The Morgan fingerprint density at radius 2 is 1.75 bits per heavy atom. The van der Waals surface area contributed by atoms with Crippen LogP contribution in [0.15, 0.2) is 54.9 Å². The van der Waals surface area contributed by atoms with Crippen LogP contribution < -0.4 is 16.0 Å². The molecule has 0 radical (unpaired) electrons. The standard InChI is InChI=1S/C26H27Cl2N7O/c1-16(2)33-26(25(29)36)11-13-34(14-12-26)23-21-24(31-15-30-23)35(18-9-7-17(27)8-10-18)22(32-21)19-5-3-4-6-20(19)28/h3-10,15-16,33H,11-14H2,1-2H3,(H2,29,36). The van der Waals surface area contributed by atoms with Crippen LogP contribution in [0.5, 0.6) is 0 Å². The number of imidazole rings is 1. The number of hydrogen-bond acceptors (Lipinski definition) is 6. The molecule has 3 N–H and O–H groups in total. The van der Waals surface area contributed by atoms with Crippen LogP contribution in [-0.2, 0) is 4.79 Å². The minimum atomic E-state index is -0.734. The van der Waals surface area contributed by atoms with Crippen LogP contribution >= 0.6 is 23.2 Å². The molecule has 8 nitrogen and oxygen atoms in total. The first-order valence-corrected chi connectivity index (χ1v) is 12.6. The molecule has 1 amide bonds. The molecule has 5 rings (SSSR count). The van der Waals surface area contributed by atoms with E-state index in [-0.39, 0.29) is 11.9 Å². The molecule has 0 atom stereocenters. The lowest BCUT2D eigenvalue weighted by molar-refractivity contribution is -0.125. The average Bonchev–Trinajstić information content (AvgIpc) is 3.24. The Balaban J connectivity index is 1.61. The second-order valence-corrected chi connectivity index (χ2v) is 10.2. The van der Waals surface area contributed by atoms with E-state index in [1.165, 1.54) is 0 Å². The summed E-state index contributed by atoms with van der Waals surface area (Å²) in [5.41, 5.74) is 8.04.